The number of imide groups is 1. The second-order valence-corrected chi connectivity index (χ2v) is 7.13. The molecule has 1 N–H and O–H groups in total. The van der Waals surface area contributed by atoms with E-state index in [-0.39, 0.29) is 5.78 Å². The Morgan fingerprint density at radius 2 is 1.71 bits per heavy atom. The van der Waals surface area contributed by atoms with Gasteiger partial charge in [-0.25, -0.2) is 4.79 Å². The molecular formula is C21H28N2O5. The molecule has 1 fully saturated rings. The zero-order valence-electron chi connectivity index (χ0n) is 16.9. The van der Waals surface area contributed by atoms with E-state index >= 15 is 0 Å². The number of urea groups is 1. The van der Waals surface area contributed by atoms with E-state index in [2.05, 4.69) is 19.2 Å². The van der Waals surface area contributed by atoms with E-state index in [0.717, 1.165) is 16.9 Å². The van der Waals surface area contributed by atoms with Crippen molar-refractivity contribution in [2.45, 2.75) is 58.4 Å². The number of hydrogen-bond donors (Lipinski definition) is 1. The summed E-state index contributed by atoms with van der Waals surface area (Å²) in [5.74, 6) is -1.16. The van der Waals surface area contributed by atoms with E-state index in [1.807, 2.05) is 12.1 Å². The third kappa shape index (κ3) is 4.40. The molecule has 0 saturated carbocycles. The fraction of sp³-hybridized carbons (Fsp3) is 0.524. The topological polar surface area (TPSA) is 92.8 Å². The second-order valence-electron chi connectivity index (χ2n) is 7.13. The van der Waals surface area contributed by atoms with Gasteiger partial charge in [0, 0.05) is 5.56 Å². The monoisotopic (exact) mass is 388 g/mol. The van der Waals surface area contributed by atoms with Crippen molar-refractivity contribution >= 4 is 23.7 Å². The van der Waals surface area contributed by atoms with E-state index in [1.165, 1.54) is 0 Å². The minimum absolute atomic E-state index is 0.335. The van der Waals surface area contributed by atoms with E-state index in [1.54, 1.807) is 26.0 Å². The molecule has 1 heterocycles. The molecule has 7 heteroatoms. The molecule has 3 amide bonds. The predicted octanol–water partition coefficient (Wildman–Crippen LogP) is 3.04. The molecule has 2 rings (SSSR count). The van der Waals surface area contributed by atoms with Gasteiger partial charge in [0.05, 0.1) is 0 Å². The lowest BCUT2D eigenvalue weighted by Crippen LogP contribution is -2.46. The summed E-state index contributed by atoms with van der Waals surface area (Å²) in [6.07, 6.45) is 1.88. The Bertz CT molecular complexity index is 753. The van der Waals surface area contributed by atoms with Crippen LogP contribution in [0, 0.1) is 0 Å². The van der Waals surface area contributed by atoms with Gasteiger partial charge in [-0.15, -0.1) is 0 Å². The smallest absolute Gasteiger partial charge is 0.326 e. The van der Waals surface area contributed by atoms with Crippen molar-refractivity contribution in [3.05, 3.63) is 35.4 Å². The number of nitrogens with zero attached hydrogens (tertiary/aromatic N) is 1. The lowest BCUT2D eigenvalue weighted by atomic mass is 9.93. The Labute approximate surface area is 165 Å². The van der Waals surface area contributed by atoms with Crippen LogP contribution < -0.4 is 5.32 Å². The average Bonchev–Trinajstić information content (AvgIpc) is 2.96. The molecule has 1 aromatic carbocycles. The van der Waals surface area contributed by atoms with Crippen LogP contribution in [-0.2, 0) is 14.3 Å². The number of rotatable bonds is 9. The van der Waals surface area contributed by atoms with E-state index < -0.39 is 36.6 Å². The van der Waals surface area contributed by atoms with Crippen LogP contribution in [0.1, 0.15) is 68.8 Å². The summed E-state index contributed by atoms with van der Waals surface area (Å²) in [7, 11) is 0. The lowest BCUT2D eigenvalue weighted by molar-refractivity contribution is -0.146. The molecule has 0 aromatic heterocycles. The van der Waals surface area contributed by atoms with E-state index in [0.29, 0.717) is 24.3 Å². The molecule has 0 spiro atoms. The second kappa shape index (κ2) is 8.99. The van der Waals surface area contributed by atoms with Crippen LogP contribution in [0.15, 0.2) is 24.3 Å². The highest BCUT2D eigenvalue weighted by molar-refractivity contribution is 6.08. The highest BCUT2D eigenvalue weighted by Crippen LogP contribution is 2.24. The molecule has 0 bridgehead atoms. The molecular weight excluding hydrogens is 360 g/mol. The van der Waals surface area contributed by atoms with Gasteiger partial charge in [-0.3, -0.25) is 19.3 Å². The van der Waals surface area contributed by atoms with Crippen molar-refractivity contribution in [2.24, 2.45) is 0 Å². The van der Waals surface area contributed by atoms with E-state index in [9.17, 15) is 19.2 Å². The third-order valence-electron chi connectivity index (χ3n) is 5.52. The van der Waals surface area contributed by atoms with Crippen molar-refractivity contribution in [3.63, 3.8) is 0 Å². The van der Waals surface area contributed by atoms with Gasteiger partial charge in [-0.2, -0.15) is 0 Å². The van der Waals surface area contributed by atoms with Gasteiger partial charge >= 0.3 is 12.0 Å². The van der Waals surface area contributed by atoms with Crippen LogP contribution in [0.2, 0.25) is 0 Å². The fourth-order valence-electron chi connectivity index (χ4n) is 3.19. The van der Waals surface area contributed by atoms with Gasteiger partial charge in [-0.05, 0) is 30.7 Å². The van der Waals surface area contributed by atoms with Gasteiger partial charge in [0.1, 0.15) is 12.1 Å². The SMILES string of the molecule is CC[C@H](C)c1ccc(C(=O)COC(=O)CN2C(=O)NC(CC)(CC)C2=O)cc1. The lowest BCUT2D eigenvalue weighted by Gasteiger charge is -2.22. The highest BCUT2D eigenvalue weighted by atomic mass is 16.5. The number of benzene rings is 1. The Hall–Kier alpha value is -2.70. The van der Waals surface area contributed by atoms with Crippen molar-refractivity contribution in [3.8, 4) is 0 Å². The molecule has 0 aliphatic carbocycles. The minimum atomic E-state index is -0.968. The summed E-state index contributed by atoms with van der Waals surface area (Å²) in [4.78, 5) is 49.6. The first-order valence-electron chi connectivity index (χ1n) is 9.70. The minimum Gasteiger partial charge on any atom is -0.456 e. The maximum Gasteiger partial charge on any atom is 0.326 e. The Kier molecular flexibility index (Phi) is 6.94. The largest absolute Gasteiger partial charge is 0.456 e. The molecule has 28 heavy (non-hydrogen) atoms. The number of carbonyl (C=O) groups is 4. The van der Waals surface area contributed by atoms with Gasteiger partial charge in [0.25, 0.3) is 5.91 Å². The summed E-state index contributed by atoms with van der Waals surface area (Å²) in [5.41, 5.74) is 0.626. The van der Waals surface area contributed by atoms with E-state index in [4.69, 9.17) is 4.74 Å². The van der Waals surface area contributed by atoms with Crippen LogP contribution in [0.25, 0.3) is 0 Å². The van der Waals surface area contributed by atoms with Crippen molar-refractivity contribution in [1.82, 2.24) is 10.2 Å². The highest BCUT2D eigenvalue weighted by Gasteiger charge is 2.49. The first kappa shape index (κ1) is 21.6. The number of amides is 3. The number of ketones is 1. The zero-order chi connectivity index (χ0) is 20.9. The van der Waals surface area contributed by atoms with Crippen molar-refractivity contribution in [1.29, 1.82) is 0 Å². The number of nitrogens with one attached hydrogen (secondary N) is 1. The predicted molar refractivity (Wildman–Crippen MR) is 104 cm³/mol. The molecule has 1 atom stereocenters. The maximum absolute atomic E-state index is 12.5. The Balaban J connectivity index is 1.91. The number of esters is 1. The summed E-state index contributed by atoms with van der Waals surface area (Å²) in [6, 6.07) is 6.60. The molecule has 7 nitrogen and oxygen atoms in total. The first-order valence-corrected chi connectivity index (χ1v) is 9.70. The normalized spacial score (nSPS) is 16.6. The summed E-state index contributed by atoms with van der Waals surface area (Å²) in [5, 5.41) is 2.64. The summed E-state index contributed by atoms with van der Waals surface area (Å²) >= 11 is 0. The number of Topliss-reactive ketones (excluding diaryl/α,β-unsaturated/α-hetero) is 1. The zero-order valence-corrected chi connectivity index (χ0v) is 16.9. The number of hydrogen-bond acceptors (Lipinski definition) is 5. The number of carbonyl (C=O) groups excluding carboxylic acids is 4. The van der Waals surface area contributed by atoms with Crippen LogP contribution >= 0.6 is 0 Å². The van der Waals surface area contributed by atoms with Gasteiger partial charge in [0.2, 0.25) is 0 Å². The van der Waals surface area contributed by atoms with Crippen LogP contribution in [0.3, 0.4) is 0 Å². The van der Waals surface area contributed by atoms with Gasteiger partial charge < -0.3 is 10.1 Å². The molecule has 1 aliphatic rings. The van der Waals surface area contributed by atoms with Crippen LogP contribution in [0.4, 0.5) is 4.79 Å². The third-order valence-corrected chi connectivity index (χ3v) is 5.52. The standard InChI is InChI=1S/C21H28N2O5/c1-5-14(4)15-8-10-16(11-9-15)17(24)13-28-18(25)12-23-19(26)21(6-2,7-3)22-20(23)27/h8-11,14H,5-7,12-13H2,1-4H3,(H,22,27)/t14-/m0/s1. The van der Waals surface area contributed by atoms with Crippen molar-refractivity contribution in [2.75, 3.05) is 13.2 Å². The summed E-state index contributed by atoms with van der Waals surface area (Å²) < 4.78 is 4.99. The first-order chi connectivity index (χ1) is 13.3. The average molecular weight is 388 g/mol. The van der Waals surface area contributed by atoms with Gasteiger partial charge in [-0.1, -0.05) is 52.0 Å². The molecule has 152 valence electrons. The fourth-order valence-corrected chi connectivity index (χ4v) is 3.19. The van der Waals surface area contributed by atoms with Crippen LogP contribution in [0.5, 0.6) is 0 Å². The maximum atomic E-state index is 12.5. The number of ether oxygens (including phenoxy) is 1. The molecule has 0 unspecified atom stereocenters. The molecule has 1 aliphatic heterocycles. The van der Waals surface area contributed by atoms with Gasteiger partial charge in [0.15, 0.2) is 12.4 Å². The quantitative estimate of drug-likeness (QED) is 0.399. The Morgan fingerprint density at radius 3 is 2.21 bits per heavy atom. The van der Waals surface area contributed by atoms with Crippen molar-refractivity contribution < 1.29 is 23.9 Å². The molecule has 1 saturated heterocycles. The Morgan fingerprint density at radius 1 is 1.11 bits per heavy atom. The molecule has 0 radical (unpaired) electrons. The van der Waals surface area contributed by atoms with Crippen LogP contribution in [-0.4, -0.2) is 47.3 Å². The summed E-state index contributed by atoms with van der Waals surface area (Å²) in [6.45, 7) is 6.87. The molecule has 1 aromatic rings.